The fraction of sp³-hybridized carbons (Fsp3) is 0.812. The molecule has 0 atom stereocenters. The summed E-state index contributed by atoms with van der Waals surface area (Å²) in [6, 6.07) is 0. The number of carboxylic acid groups (broad SMARTS) is 1. The fourth-order valence-corrected chi connectivity index (χ4v) is 1.63. The van der Waals surface area contributed by atoms with Crippen molar-refractivity contribution in [2.75, 3.05) is 0 Å². The smallest absolute Gasteiger partial charge is 0.481 e. The van der Waals surface area contributed by atoms with Gasteiger partial charge in [-0.25, -0.2) is 0 Å². The molecule has 3 nitrogen and oxygen atoms in total. The SMILES string of the molecule is CCC(=O)O.[CH2-]C(=O)CCCCCCCCCCC.[Na+]. The summed E-state index contributed by atoms with van der Waals surface area (Å²) in [4.78, 5) is 19.9. The van der Waals surface area contributed by atoms with Gasteiger partial charge in [0.1, 0.15) is 0 Å². The third kappa shape index (κ3) is 30.8. The Balaban J connectivity index is -0.000000414. The molecule has 4 heteroatoms. The summed E-state index contributed by atoms with van der Waals surface area (Å²) in [5, 5.41) is 7.72. The number of carbonyl (C=O) groups is 2. The first-order chi connectivity index (χ1) is 9.04. The largest absolute Gasteiger partial charge is 1.00 e. The number of Topliss-reactive ketones (excluding diaryl/α,β-unsaturated/α-hetero) is 1. The minimum absolute atomic E-state index is 0. The van der Waals surface area contributed by atoms with Crippen LogP contribution < -0.4 is 29.6 Å². The Bertz CT molecular complexity index is 218. The normalized spacial score (nSPS) is 9.10. The molecular formula is C16H31NaO3. The van der Waals surface area contributed by atoms with E-state index in [9.17, 15) is 9.59 Å². The summed E-state index contributed by atoms with van der Waals surface area (Å²) in [6.07, 6.45) is 12.6. The van der Waals surface area contributed by atoms with Gasteiger partial charge in [-0.2, -0.15) is 0 Å². The van der Waals surface area contributed by atoms with Crippen molar-refractivity contribution in [3.63, 3.8) is 0 Å². The molecule has 0 amide bonds. The van der Waals surface area contributed by atoms with Crippen LogP contribution in [0.2, 0.25) is 0 Å². The van der Waals surface area contributed by atoms with E-state index in [4.69, 9.17) is 5.11 Å². The van der Waals surface area contributed by atoms with Crippen LogP contribution in [0.4, 0.5) is 0 Å². The number of ketones is 1. The summed E-state index contributed by atoms with van der Waals surface area (Å²) in [6.45, 7) is 7.21. The number of rotatable bonds is 11. The van der Waals surface area contributed by atoms with Crippen molar-refractivity contribution in [2.24, 2.45) is 0 Å². The first-order valence-corrected chi connectivity index (χ1v) is 7.61. The Labute approximate surface area is 147 Å². The molecule has 0 bridgehead atoms. The predicted molar refractivity (Wildman–Crippen MR) is 80.1 cm³/mol. The zero-order chi connectivity index (χ0) is 14.9. The van der Waals surface area contributed by atoms with Crippen molar-refractivity contribution in [2.45, 2.75) is 84.5 Å². The van der Waals surface area contributed by atoms with Gasteiger partial charge in [-0.05, 0) is 18.6 Å². The Morgan fingerprint density at radius 1 is 0.850 bits per heavy atom. The van der Waals surface area contributed by atoms with Crippen molar-refractivity contribution in [3.05, 3.63) is 6.92 Å². The summed E-state index contributed by atoms with van der Waals surface area (Å²) >= 11 is 0. The standard InChI is InChI=1S/C13H25O.C3H6O2.Na/c1-3-4-5-6-7-8-9-10-11-12-13(2)14;1-2-3(4)5;/h2-12H2,1H3;2H2,1H3,(H,4,5);/q-1;;+1. The van der Waals surface area contributed by atoms with Gasteiger partial charge >= 0.3 is 35.5 Å². The van der Waals surface area contributed by atoms with Gasteiger partial charge < -0.3 is 16.8 Å². The molecule has 0 aliphatic heterocycles. The van der Waals surface area contributed by atoms with E-state index in [1.165, 1.54) is 51.4 Å². The maximum absolute atomic E-state index is 10.5. The van der Waals surface area contributed by atoms with Crippen LogP contribution in [0.1, 0.15) is 84.5 Å². The summed E-state index contributed by atoms with van der Waals surface area (Å²) in [5.74, 6) is -0.655. The van der Waals surface area contributed by atoms with E-state index >= 15 is 0 Å². The van der Waals surface area contributed by atoms with Crippen LogP contribution in [0.15, 0.2) is 0 Å². The van der Waals surface area contributed by atoms with Crippen LogP contribution >= 0.6 is 0 Å². The first-order valence-electron chi connectivity index (χ1n) is 7.61. The molecule has 0 saturated carbocycles. The first kappa shape index (κ1) is 25.0. The summed E-state index contributed by atoms with van der Waals surface area (Å²) in [7, 11) is 0. The van der Waals surface area contributed by atoms with Crippen LogP contribution in [-0.2, 0) is 9.59 Å². The van der Waals surface area contributed by atoms with Gasteiger partial charge in [-0.15, -0.1) is 0 Å². The number of hydrogen-bond acceptors (Lipinski definition) is 2. The van der Waals surface area contributed by atoms with Crippen LogP contribution in [0, 0.1) is 6.92 Å². The van der Waals surface area contributed by atoms with Crippen molar-refractivity contribution in [3.8, 4) is 0 Å². The molecule has 0 aromatic rings. The van der Waals surface area contributed by atoms with E-state index in [0.717, 1.165) is 6.42 Å². The van der Waals surface area contributed by atoms with Gasteiger partial charge in [-0.3, -0.25) is 4.79 Å². The van der Waals surface area contributed by atoms with Crippen LogP contribution in [0.3, 0.4) is 0 Å². The van der Waals surface area contributed by atoms with Crippen LogP contribution in [0.5, 0.6) is 0 Å². The van der Waals surface area contributed by atoms with Gasteiger partial charge in [0.25, 0.3) is 0 Å². The van der Waals surface area contributed by atoms with E-state index < -0.39 is 5.97 Å². The van der Waals surface area contributed by atoms with Crippen molar-refractivity contribution >= 4 is 11.8 Å². The van der Waals surface area contributed by atoms with Crippen molar-refractivity contribution in [1.29, 1.82) is 0 Å². The van der Waals surface area contributed by atoms with E-state index in [1.54, 1.807) is 6.92 Å². The van der Waals surface area contributed by atoms with Gasteiger partial charge in [-0.1, -0.05) is 65.2 Å². The third-order valence-electron chi connectivity index (χ3n) is 2.86. The van der Waals surface area contributed by atoms with Crippen LogP contribution in [-0.4, -0.2) is 16.9 Å². The quantitative estimate of drug-likeness (QED) is 0.359. The average molecular weight is 294 g/mol. The Hall–Kier alpha value is 0.0100. The van der Waals surface area contributed by atoms with Gasteiger partial charge in [0.05, 0.1) is 0 Å². The van der Waals surface area contributed by atoms with E-state index in [2.05, 4.69) is 13.8 Å². The van der Waals surface area contributed by atoms with Gasteiger partial charge in [0.2, 0.25) is 0 Å². The molecule has 0 heterocycles. The molecule has 0 aliphatic rings. The average Bonchev–Trinajstić information content (AvgIpc) is 2.37. The van der Waals surface area contributed by atoms with E-state index in [0.29, 0.717) is 6.42 Å². The molecule has 0 aliphatic carbocycles. The van der Waals surface area contributed by atoms with Gasteiger partial charge in [0.15, 0.2) is 0 Å². The molecule has 0 fully saturated rings. The summed E-state index contributed by atoms with van der Waals surface area (Å²) in [5.41, 5.74) is 0. The Morgan fingerprint density at radius 3 is 1.50 bits per heavy atom. The molecule has 20 heavy (non-hydrogen) atoms. The molecule has 0 aromatic carbocycles. The molecule has 1 N–H and O–H groups in total. The number of hydrogen-bond donors (Lipinski definition) is 1. The van der Waals surface area contributed by atoms with E-state index in [-0.39, 0.29) is 41.8 Å². The zero-order valence-electron chi connectivity index (χ0n) is 13.7. The molecule has 0 rings (SSSR count). The summed E-state index contributed by atoms with van der Waals surface area (Å²) < 4.78 is 0. The molecule has 114 valence electrons. The van der Waals surface area contributed by atoms with E-state index in [1.807, 2.05) is 0 Å². The minimum atomic E-state index is -0.745. The van der Waals surface area contributed by atoms with Crippen molar-refractivity contribution < 1.29 is 44.3 Å². The second-order valence-corrected chi connectivity index (χ2v) is 4.86. The molecule has 0 radical (unpaired) electrons. The molecule has 0 unspecified atom stereocenters. The van der Waals surface area contributed by atoms with Crippen molar-refractivity contribution in [1.82, 2.24) is 0 Å². The Kier molecular flexibility index (Phi) is 26.6. The number of aliphatic carboxylic acids is 1. The predicted octanol–water partition coefficient (Wildman–Crippen LogP) is 1.80. The number of carboxylic acids is 1. The topological polar surface area (TPSA) is 54.4 Å². The maximum Gasteiger partial charge on any atom is 1.00 e. The maximum atomic E-state index is 10.5. The number of unbranched alkanes of at least 4 members (excludes halogenated alkanes) is 8. The van der Waals surface area contributed by atoms with Gasteiger partial charge in [0, 0.05) is 6.42 Å². The van der Waals surface area contributed by atoms with Crippen LogP contribution in [0.25, 0.3) is 0 Å². The second kappa shape index (κ2) is 21.3. The zero-order valence-corrected chi connectivity index (χ0v) is 15.7. The molecular weight excluding hydrogens is 263 g/mol. The third-order valence-corrected chi connectivity index (χ3v) is 2.86. The molecule has 0 aromatic heterocycles. The fourth-order valence-electron chi connectivity index (χ4n) is 1.63. The monoisotopic (exact) mass is 294 g/mol. The minimum Gasteiger partial charge on any atom is -0.481 e. The number of carbonyl (C=O) groups excluding carboxylic acids is 1. The second-order valence-electron chi connectivity index (χ2n) is 4.86. The molecule has 0 spiro atoms. The molecule has 0 saturated heterocycles. The Morgan fingerprint density at radius 2 is 1.20 bits per heavy atom.